The van der Waals surface area contributed by atoms with Crippen LogP contribution in [0.3, 0.4) is 0 Å². The molecule has 0 radical (unpaired) electrons. The lowest BCUT2D eigenvalue weighted by atomic mass is 10.1. The SMILES string of the molecule is CC(C)c1cnc(C=N)c(NCC(F)F)n1. The Bertz CT molecular complexity index is 366. The molecular formula is C10H14F2N4. The third-order valence-corrected chi connectivity index (χ3v) is 1.97. The van der Waals surface area contributed by atoms with Crippen LogP contribution in [0.5, 0.6) is 0 Å². The van der Waals surface area contributed by atoms with Gasteiger partial charge in [-0.1, -0.05) is 13.8 Å². The van der Waals surface area contributed by atoms with E-state index in [1.165, 1.54) is 0 Å². The molecule has 0 aliphatic rings. The second-order valence-electron chi connectivity index (χ2n) is 3.60. The van der Waals surface area contributed by atoms with Crippen LogP contribution < -0.4 is 5.32 Å². The number of hydrogen-bond acceptors (Lipinski definition) is 4. The van der Waals surface area contributed by atoms with Gasteiger partial charge in [-0.05, 0) is 5.92 Å². The van der Waals surface area contributed by atoms with Crippen LogP contribution in [-0.4, -0.2) is 29.2 Å². The molecule has 0 saturated carbocycles. The zero-order valence-electron chi connectivity index (χ0n) is 9.17. The average Bonchev–Trinajstić information content (AvgIpc) is 2.25. The highest BCUT2D eigenvalue weighted by Gasteiger charge is 2.10. The molecule has 2 N–H and O–H groups in total. The molecule has 0 atom stereocenters. The van der Waals surface area contributed by atoms with Crippen LogP contribution >= 0.6 is 0 Å². The molecular weight excluding hydrogens is 214 g/mol. The van der Waals surface area contributed by atoms with Crippen LogP contribution in [0.25, 0.3) is 0 Å². The molecule has 0 aliphatic heterocycles. The Morgan fingerprint density at radius 2 is 2.19 bits per heavy atom. The second-order valence-corrected chi connectivity index (χ2v) is 3.60. The Morgan fingerprint density at radius 3 is 2.69 bits per heavy atom. The van der Waals surface area contributed by atoms with Crippen molar-refractivity contribution in [2.24, 2.45) is 0 Å². The predicted molar refractivity (Wildman–Crippen MR) is 58.5 cm³/mol. The van der Waals surface area contributed by atoms with Crippen molar-refractivity contribution in [2.45, 2.75) is 26.2 Å². The average molecular weight is 228 g/mol. The monoisotopic (exact) mass is 228 g/mol. The number of alkyl halides is 2. The van der Waals surface area contributed by atoms with E-state index in [-0.39, 0.29) is 17.4 Å². The number of rotatable bonds is 5. The van der Waals surface area contributed by atoms with Gasteiger partial charge in [-0.2, -0.15) is 0 Å². The van der Waals surface area contributed by atoms with Gasteiger partial charge in [-0.15, -0.1) is 0 Å². The van der Waals surface area contributed by atoms with Crippen molar-refractivity contribution in [1.82, 2.24) is 9.97 Å². The summed E-state index contributed by atoms with van der Waals surface area (Å²) in [7, 11) is 0. The van der Waals surface area contributed by atoms with Gasteiger partial charge in [0.15, 0.2) is 5.82 Å². The Balaban J connectivity index is 2.93. The Kier molecular flexibility index (Phi) is 4.28. The molecule has 0 fully saturated rings. The second kappa shape index (κ2) is 5.48. The van der Waals surface area contributed by atoms with Gasteiger partial charge >= 0.3 is 0 Å². The molecule has 0 saturated heterocycles. The first-order valence-corrected chi connectivity index (χ1v) is 4.94. The maximum atomic E-state index is 12.0. The standard InChI is InChI=1S/C10H14F2N4/c1-6(2)8-4-14-7(3-13)10(16-8)15-5-9(11)12/h3-4,6,9,13H,5H2,1-2H3,(H,15,16). The zero-order valence-corrected chi connectivity index (χ0v) is 9.17. The van der Waals surface area contributed by atoms with Gasteiger partial charge in [0.2, 0.25) is 0 Å². The number of aromatic nitrogens is 2. The summed E-state index contributed by atoms with van der Waals surface area (Å²) in [6, 6.07) is 0. The zero-order chi connectivity index (χ0) is 12.1. The molecule has 16 heavy (non-hydrogen) atoms. The fourth-order valence-electron chi connectivity index (χ4n) is 1.10. The fraction of sp³-hybridized carbons (Fsp3) is 0.500. The van der Waals surface area contributed by atoms with Crippen molar-refractivity contribution < 1.29 is 8.78 Å². The minimum atomic E-state index is -2.46. The molecule has 0 unspecified atom stereocenters. The van der Waals surface area contributed by atoms with Crippen molar-refractivity contribution in [1.29, 1.82) is 5.41 Å². The van der Waals surface area contributed by atoms with E-state index in [1.54, 1.807) is 6.20 Å². The minimum Gasteiger partial charge on any atom is -0.362 e. The Hall–Kier alpha value is -1.59. The summed E-state index contributed by atoms with van der Waals surface area (Å²) in [5.41, 5.74) is 0.979. The molecule has 1 aromatic heterocycles. The molecule has 1 heterocycles. The van der Waals surface area contributed by atoms with Gasteiger partial charge in [0.1, 0.15) is 5.69 Å². The lowest BCUT2D eigenvalue weighted by Crippen LogP contribution is -2.14. The molecule has 6 heteroatoms. The third kappa shape index (κ3) is 3.22. The van der Waals surface area contributed by atoms with Crippen LogP contribution in [0.4, 0.5) is 14.6 Å². The van der Waals surface area contributed by atoms with E-state index in [4.69, 9.17) is 5.41 Å². The molecule has 1 rings (SSSR count). The topological polar surface area (TPSA) is 61.7 Å². The van der Waals surface area contributed by atoms with E-state index < -0.39 is 13.0 Å². The smallest absolute Gasteiger partial charge is 0.255 e. The molecule has 0 bridgehead atoms. The first-order valence-electron chi connectivity index (χ1n) is 4.94. The van der Waals surface area contributed by atoms with E-state index >= 15 is 0 Å². The summed E-state index contributed by atoms with van der Waals surface area (Å²) in [6.45, 7) is 3.38. The summed E-state index contributed by atoms with van der Waals surface area (Å²) in [5.74, 6) is 0.404. The first kappa shape index (κ1) is 12.5. The Labute approximate surface area is 92.6 Å². The summed E-state index contributed by atoms with van der Waals surface area (Å²) >= 11 is 0. The van der Waals surface area contributed by atoms with Crippen LogP contribution in [0, 0.1) is 5.41 Å². The highest BCUT2D eigenvalue weighted by Crippen LogP contribution is 2.15. The summed E-state index contributed by atoms with van der Waals surface area (Å²) in [4.78, 5) is 8.14. The van der Waals surface area contributed by atoms with Gasteiger partial charge < -0.3 is 10.7 Å². The number of anilines is 1. The van der Waals surface area contributed by atoms with Crippen LogP contribution in [0.2, 0.25) is 0 Å². The van der Waals surface area contributed by atoms with E-state index in [0.29, 0.717) is 5.69 Å². The van der Waals surface area contributed by atoms with Gasteiger partial charge in [0.25, 0.3) is 6.43 Å². The molecule has 0 aliphatic carbocycles. The molecule has 1 aromatic rings. The van der Waals surface area contributed by atoms with Crippen LogP contribution in [0.1, 0.15) is 31.2 Å². The van der Waals surface area contributed by atoms with Crippen molar-refractivity contribution in [3.8, 4) is 0 Å². The van der Waals surface area contributed by atoms with Crippen molar-refractivity contribution in [3.05, 3.63) is 17.6 Å². The van der Waals surface area contributed by atoms with Gasteiger partial charge in [-0.25, -0.2) is 18.7 Å². The fourth-order valence-corrected chi connectivity index (χ4v) is 1.10. The van der Waals surface area contributed by atoms with Crippen molar-refractivity contribution in [3.63, 3.8) is 0 Å². The summed E-state index contributed by atoms with van der Waals surface area (Å²) in [5, 5.41) is 9.58. The molecule has 88 valence electrons. The Morgan fingerprint density at radius 1 is 1.50 bits per heavy atom. The molecule has 0 aromatic carbocycles. The van der Waals surface area contributed by atoms with Gasteiger partial charge in [0.05, 0.1) is 12.2 Å². The number of nitrogens with zero attached hydrogens (tertiary/aromatic N) is 2. The highest BCUT2D eigenvalue weighted by atomic mass is 19.3. The number of hydrogen-bond donors (Lipinski definition) is 2. The maximum Gasteiger partial charge on any atom is 0.255 e. The molecule has 4 nitrogen and oxygen atoms in total. The molecule has 0 spiro atoms. The number of halogens is 2. The normalized spacial score (nSPS) is 10.9. The van der Waals surface area contributed by atoms with Crippen molar-refractivity contribution in [2.75, 3.05) is 11.9 Å². The summed E-state index contributed by atoms with van der Waals surface area (Å²) in [6.07, 6.45) is 0.0897. The first-order chi connectivity index (χ1) is 7.54. The minimum absolute atomic E-state index is 0.166. The van der Waals surface area contributed by atoms with Gasteiger partial charge in [0, 0.05) is 12.4 Å². The van der Waals surface area contributed by atoms with E-state index in [9.17, 15) is 8.78 Å². The largest absolute Gasteiger partial charge is 0.362 e. The van der Waals surface area contributed by atoms with Crippen LogP contribution in [0.15, 0.2) is 6.20 Å². The van der Waals surface area contributed by atoms with E-state index in [1.807, 2.05) is 13.8 Å². The lowest BCUT2D eigenvalue weighted by Gasteiger charge is -2.10. The number of nitrogens with one attached hydrogen (secondary N) is 2. The summed E-state index contributed by atoms with van der Waals surface area (Å²) < 4.78 is 24.1. The predicted octanol–water partition coefficient (Wildman–Crippen LogP) is 2.27. The maximum absolute atomic E-state index is 12.0. The van der Waals surface area contributed by atoms with E-state index in [2.05, 4.69) is 15.3 Å². The highest BCUT2D eigenvalue weighted by molar-refractivity contribution is 5.81. The van der Waals surface area contributed by atoms with Crippen molar-refractivity contribution >= 4 is 12.0 Å². The van der Waals surface area contributed by atoms with Crippen LogP contribution in [-0.2, 0) is 0 Å². The van der Waals surface area contributed by atoms with E-state index in [0.717, 1.165) is 6.21 Å². The quantitative estimate of drug-likeness (QED) is 0.760. The van der Waals surface area contributed by atoms with Gasteiger partial charge in [-0.3, -0.25) is 0 Å². The third-order valence-electron chi connectivity index (χ3n) is 1.97. The molecule has 0 amide bonds. The lowest BCUT2D eigenvalue weighted by molar-refractivity contribution is 0.163.